The Morgan fingerprint density at radius 3 is 2.06 bits per heavy atom. The third-order valence-electron chi connectivity index (χ3n) is 1.51. The molecule has 0 bridgehead atoms. The van der Waals surface area contributed by atoms with Gasteiger partial charge in [0.1, 0.15) is 6.07 Å². The van der Waals surface area contributed by atoms with Crippen LogP contribution in [0.3, 0.4) is 0 Å². The zero-order valence-electron chi connectivity index (χ0n) is 9.76. The van der Waals surface area contributed by atoms with Crippen molar-refractivity contribution in [3.8, 4) is 6.07 Å². The zero-order valence-corrected chi connectivity index (χ0v) is 9.76. The van der Waals surface area contributed by atoms with Gasteiger partial charge in [-0.1, -0.05) is 0 Å². The molecule has 0 N–H and O–H groups in total. The third-order valence-corrected chi connectivity index (χ3v) is 1.51. The van der Waals surface area contributed by atoms with E-state index in [1.54, 1.807) is 13.0 Å². The molecule has 0 heterocycles. The van der Waals surface area contributed by atoms with Gasteiger partial charge in [0.25, 0.3) is 0 Å². The summed E-state index contributed by atoms with van der Waals surface area (Å²) in [6, 6.07) is 1.56. The topological polar surface area (TPSA) is 103 Å². The van der Waals surface area contributed by atoms with E-state index in [9.17, 15) is 14.4 Å². The number of ether oxygens (including phenoxy) is 3. The first-order chi connectivity index (χ1) is 7.92. The minimum atomic E-state index is -1.57. The molecule has 0 aromatic heterocycles. The molecule has 0 rings (SSSR count). The van der Waals surface area contributed by atoms with E-state index >= 15 is 0 Å². The monoisotopic (exact) mass is 243 g/mol. The minimum absolute atomic E-state index is 0.0504. The lowest BCUT2D eigenvalue weighted by molar-refractivity contribution is -0.176. The third kappa shape index (κ3) is 5.51. The smallest absolute Gasteiger partial charge is 0.352 e. The largest absolute Gasteiger partial charge is 0.463 e. The average Bonchev–Trinajstić information content (AvgIpc) is 2.22. The van der Waals surface area contributed by atoms with E-state index in [4.69, 9.17) is 5.26 Å². The van der Waals surface area contributed by atoms with Gasteiger partial charge in [0.15, 0.2) is 0 Å². The summed E-state index contributed by atoms with van der Waals surface area (Å²) in [5.41, 5.74) is 0. The van der Waals surface area contributed by atoms with Gasteiger partial charge < -0.3 is 14.2 Å². The van der Waals surface area contributed by atoms with Crippen LogP contribution in [0, 0.1) is 11.3 Å². The molecule has 0 aromatic carbocycles. The van der Waals surface area contributed by atoms with Crippen molar-refractivity contribution in [2.45, 2.75) is 33.0 Å². The average molecular weight is 243 g/mol. The van der Waals surface area contributed by atoms with Crippen molar-refractivity contribution in [2.24, 2.45) is 0 Å². The Labute approximate surface area is 98.2 Å². The molecular formula is C10H13NO6. The van der Waals surface area contributed by atoms with Crippen LogP contribution in [0.4, 0.5) is 0 Å². The number of nitriles is 1. The molecule has 94 valence electrons. The maximum absolute atomic E-state index is 11.4. The summed E-state index contributed by atoms with van der Waals surface area (Å²) >= 11 is 0. The second-order valence-electron chi connectivity index (χ2n) is 2.94. The van der Waals surface area contributed by atoms with Gasteiger partial charge in [-0.05, 0) is 6.92 Å². The fourth-order valence-electron chi connectivity index (χ4n) is 0.971. The Balaban J connectivity index is 4.86. The molecule has 7 heteroatoms. The van der Waals surface area contributed by atoms with Crippen molar-refractivity contribution in [3.63, 3.8) is 0 Å². The second-order valence-corrected chi connectivity index (χ2v) is 2.94. The SMILES string of the molecule is CCOC(=O)[C@H](OC(C)=O)[C@H](C#N)OC(C)=O. The molecule has 0 aromatic rings. The lowest BCUT2D eigenvalue weighted by Gasteiger charge is -2.19. The van der Waals surface area contributed by atoms with Gasteiger partial charge in [-0.2, -0.15) is 5.26 Å². The first-order valence-electron chi connectivity index (χ1n) is 4.83. The molecule has 0 radical (unpaired) electrons. The Hall–Kier alpha value is -2.10. The Morgan fingerprint density at radius 1 is 1.18 bits per heavy atom. The predicted octanol–water partition coefficient (Wildman–Crippen LogP) is -0.0635. The van der Waals surface area contributed by atoms with Crippen LogP contribution in [0.2, 0.25) is 0 Å². The first kappa shape index (κ1) is 14.9. The van der Waals surface area contributed by atoms with E-state index in [1.807, 2.05) is 0 Å². The lowest BCUT2D eigenvalue weighted by Crippen LogP contribution is -2.40. The number of hydrogen-bond acceptors (Lipinski definition) is 7. The Morgan fingerprint density at radius 2 is 1.71 bits per heavy atom. The molecule has 0 unspecified atom stereocenters. The second kappa shape index (κ2) is 7.22. The molecule has 17 heavy (non-hydrogen) atoms. The lowest BCUT2D eigenvalue weighted by atomic mass is 10.2. The van der Waals surface area contributed by atoms with Crippen molar-refractivity contribution in [3.05, 3.63) is 0 Å². The number of carbonyl (C=O) groups excluding carboxylic acids is 3. The molecule has 0 amide bonds. The molecular weight excluding hydrogens is 230 g/mol. The van der Waals surface area contributed by atoms with Gasteiger partial charge in [0.2, 0.25) is 12.2 Å². The molecule has 2 atom stereocenters. The Kier molecular flexibility index (Phi) is 6.33. The van der Waals surface area contributed by atoms with Crippen LogP contribution in [0.25, 0.3) is 0 Å². The summed E-state index contributed by atoms with van der Waals surface area (Å²) in [4.78, 5) is 32.9. The van der Waals surface area contributed by atoms with Gasteiger partial charge in [0.05, 0.1) is 6.61 Å². The predicted molar refractivity (Wildman–Crippen MR) is 53.4 cm³/mol. The van der Waals surface area contributed by atoms with Crippen molar-refractivity contribution in [2.75, 3.05) is 6.61 Å². The van der Waals surface area contributed by atoms with E-state index in [-0.39, 0.29) is 6.61 Å². The Bertz CT molecular complexity index is 345. The summed E-state index contributed by atoms with van der Waals surface area (Å²) in [5.74, 6) is -2.48. The first-order valence-corrected chi connectivity index (χ1v) is 4.83. The summed E-state index contributed by atoms with van der Waals surface area (Å²) in [5, 5.41) is 8.75. The standard InChI is InChI=1S/C10H13NO6/c1-4-15-10(14)9(17-7(3)13)8(5-11)16-6(2)12/h8-9H,4H2,1-3H3/t8-,9+/m0/s1. The van der Waals surface area contributed by atoms with Gasteiger partial charge in [-0.3, -0.25) is 9.59 Å². The van der Waals surface area contributed by atoms with Gasteiger partial charge >= 0.3 is 17.9 Å². The van der Waals surface area contributed by atoms with Crippen molar-refractivity contribution < 1.29 is 28.6 Å². The quantitative estimate of drug-likeness (QED) is 0.492. The summed E-state index contributed by atoms with van der Waals surface area (Å²) in [6.45, 7) is 3.74. The number of esters is 3. The molecule has 0 spiro atoms. The van der Waals surface area contributed by atoms with Crippen molar-refractivity contribution >= 4 is 17.9 Å². The normalized spacial score (nSPS) is 12.8. The van der Waals surface area contributed by atoms with Crippen LogP contribution in [0.5, 0.6) is 0 Å². The van der Waals surface area contributed by atoms with Gasteiger partial charge in [0, 0.05) is 13.8 Å². The van der Waals surface area contributed by atoms with Crippen LogP contribution in [0.1, 0.15) is 20.8 Å². The van der Waals surface area contributed by atoms with Crippen LogP contribution >= 0.6 is 0 Å². The van der Waals surface area contributed by atoms with E-state index in [2.05, 4.69) is 14.2 Å². The number of carbonyl (C=O) groups is 3. The molecule has 0 fully saturated rings. The number of rotatable bonds is 5. The fourth-order valence-corrected chi connectivity index (χ4v) is 0.971. The van der Waals surface area contributed by atoms with Gasteiger partial charge in [-0.15, -0.1) is 0 Å². The van der Waals surface area contributed by atoms with Crippen LogP contribution in [0.15, 0.2) is 0 Å². The van der Waals surface area contributed by atoms with E-state index < -0.39 is 30.1 Å². The van der Waals surface area contributed by atoms with Crippen LogP contribution < -0.4 is 0 Å². The summed E-state index contributed by atoms with van der Waals surface area (Å²) < 4.78 is 13.8. The summed E-state index contributed by atoms with van der Waals surface area (Å²) in [7, 11) is 0. The summed E-state index contributed by atoms with van der Waals surface area (Å²) in [6.07, 6.45) is -3.09. The minimum Gasteiger partial charge on any atom is -0.463 e. The molecule has 0 aliphatic rings. The molecule has 7 nitrogen and oxygen atoms in total. The molecule has 0 saturated heterocycles. The fraction of sp³-hybridized carbons (Fsp3) is 0.600. The highest BCUT2D eigenvalue weighted by Gasteiger charge is 2.35. The highest BCUT2D eigenvalue weighted by Crippen LogP contribution is 2.07. The number of hydrogen-bond donors (Lipinski definition) is 0. The number of nitrogens with zero attached hydrogens (tertiary/aromatic N) is 1. The van der Waals surface area contributed by atoms with Crippen LogP contribution in [-0.2, 0) is 28.6 Å². The van der Waals surface area contributed by atoms with E-state index in [1.165, 1.54) is 0 Å². The van der Waals surface area contributed by atoms with Gasteiger partial charge in [-0.25, -0.2) is 4.79 Å². The van der Waals surface area contributed by atoms with Crippen molar-refractivity contribution in [1.82, 2.24) is 0 Å². The maximum atomic E-state index is 11.4. The van der Waals surface area contributed by atoms with E-state index in [0.29, 0.717) is 0 Å². The van der Waals surface area contributed by atoms with Crippen LogP contribution in [-0.4, -0.2) is 36.7 Å². The highest BCUT2D eigenvalue weighted by atomic mass is 16.6. The zero-order chi connectivity index (χ0) is 13.4. The molecule has 0 saturated carbocycles. The molecule has 0 aliphatic carbocycles. The maximum Gasteiger partial charge on any atom is 0.352 e. The van der Waals surface area contributed by atoms with E-state index in [0.717, 1.165) is 13.8 Å². The highest BCUT2D eigenvalue weighted by molar-refractivity contribution is 5.80. The van der Waals surface area contributed by atoms with Crippen molar-refractivity contribution in [1.29, 1.82) is 5.26 Å². The molecule has 0 aliphatic heterocycles.